The fourth-order valence-corrected chi connectivity index (χ4v) is 3.92. The van der Waals surface area contributed by atoms with Gasteiger partial charge in [-0.2, -0.15) is 0 Å². The average Bonchev–Trinajstić information content (AvgIpc) is 3.32. The first-order valence-corrected chi connectivity index (χ1v) is 8.93. The zero-order valence-electron chi connectivity index (χ0n) is 13.9. The Morgan fingerprint density at radius 2 is 2.13 bits per heavy atom. The summed E-state index contributed by atoms with van der Waals surface area (Å²) >= 11 is 0. The predicted molar refractivity (Wildman–Crippen MR) is 88.6 cm³/mol. The van der Waals surface area contributed by atoms with Crippen molar-refractivity contribution >= 4 is 0 Å². The van der Waals surface area contributed by atoms with Crippen molar-refractivity contribution in [3.05, 3.63) is 29.8 Å². The van der Waals surface area contributed by atoms with E-state index in [1.807, 2.05) is 6.07 Å². The molecule has 1 saturated heterocycles. The predicted octanol–water partition coefficient (Wildman–Crippen LogP) is 2.85. The maximum absolute atomic E-state index is 6.16. The van der Waals surface area contributed by atoms with E-state index in [0.29, 0.717) is 12.1 Å². The van der Waals surface area contributed by atoms with Gasteiger partial charge in [0, 0.05) is 25.7 Å². The normalized spacial score (nSPS) is 31.1. The Kier molecular flexibility index (Phi) is 4.56. The van der Waals surface area contributed by atoms with Gasteiger partial charge in [-0.15, -0.1) is 0 Å². The highest BCUT2D eigenvalue weighted by Crippen LogP contribution is 2.35. The highest BCUT2D eigenvalue weighted by atomic mass is 16.5. The number of rotatable bonds is 6. The highest BCUT2D eigenvalue weighted by Gasteiger charge is 2.43. The van der Waals surface area contributed by atoms with Crippen LogP contribution in [0.2, 0.25) is 0 Å². The van der Waals surface area contributed by atoms with E-state index in [0.717, 1.165) is 44.4 Å². The fourth-order valence-electron chi connectivity index (χ4n) is 3.92. The summed E-state index contributed by atoms with van der Waals surface area (Å²) in [6, 6.07) is 8.90. The van der Waals surface area contributed by atoms with Gasteiger partial charge in [-0.05, 0) is 49.3 Å². The van der Waals surface area contributed by atoms with E-state index in [2.05, 4.69) is 23.1 Å². The van der Waals surface area contributed by atoms with Gasteiger partial charge in [0.2, 0.25) is 0 Å². The van der Waals surface area contributed by atoms with Gasteiger partial charge in [-0.25, -0.2) is 0 Å². The Balaban J connectivity index is 1.39. The third-order valence-electron chi connectivity index (χ3n) is 5.41. The molecule has 126 valence electrons. The standard InChI is InChI=1S/C19H27NO3/c1-21-16-4-2-3-15(11-16)12-20-9-10-22-19-17(20)7-8-18(19)23-13-14-5-6-14/h2-4,11,14,17-19H,5-10,12-13H2,1H3/t17-,18+,19+/m1/s1. The Labute approximate surface area is 138 Å². The quantitative estimate of drug-likeness (QED) is 0.807. The molecule has 4 heteroatoms. The van der Waals surface area contributed by atoms with Gasteiger partial charge in [0.05, 0.1) is 25.9 Å². The Bertz CT molecular complexity index is 531. The first-order chi connectivity index (χ1) is 11.3. The van der Waals surface area contributed by atoms with Crippen LogP contribution in [0.5, 0.6) is 5.75 Å². The lowest BCUT2D eigenvalue weighted by Gasteiger charge is -2.39. The van der Waals surface area contributed by atoms with Gasteiger partial charge < -0.3 is 14.2 Å². The van der Waals surface area contributed by atoms with Gasteiger partial charge in [0.1, 0.15) is 5.75 Å². The van der Waals surface area contributed by atoms with Crippen LogP contribution in [0.25, 0.3) is 0 Å². The second kappa shape index (κ2) is 6.80. The lowest BCUT2D eigenvalue weighted by Crippen LogP contribution is -2.51. The van der Waals surface area contributed by atoms with Crippen molar-refractivity contribution in [3.63, 3.8) is 0 Å². The van der Waals surface area contributed by atoms with Crippen LogP contribution in [0, 0.1) is 5.92 Å². The van der Waals surface area contributed by atoms with Crippen molar-refractivity contribution in [3.8, 4) is 5.75 Å². The molecule has 4 rings (SSSR count). The summed E-state index contributed by atoms with van der Waals surface area (Å²) in [7, 11) is 1.72. The second-order valence-corrected chi connectivity index (χ2v) is 7.12. The number of benzene rings is 1. The first kappa shape index (κ1) is 15.4. The summed E-state index contributed by atoms with van der Waals surface area (Å²) in [5.74, 6) is 1.76. The molecular weight excluding hydrogens is 290 g/mol. The number of methoxy groups -OCH3 is 1. The highest BCUT2D eigenvalue weighted by molar-refractivity contribution is 5.28. The van der Waals surface area contributed by atoms with Crippen LogP contribution in [-0.2, 0) is 16.0 Å². The topological polar surface area (TPSA) is 30.9 Å². The summed E-state index contributed by atoms with van der Waals surface area (Å²) in [5, 5.41) is 0. The second-order valence-electron chi connectivity index (χ2n) is 7.12. The van der Waals surface area contributed by atoms with Gasteiger partial charge in [-0.1, -0.05) is 12.1 Å². The molecule has 1 heterocycles. The van der Waals surface area contributed by atoms with E-state index >= 15 is 0 Å². The van der Waals surface area contributed by atoms with E-state index in [-0.39, 0.29) is 6.10 Å². The maximum atomic E-state index is 6.16. The maximum Gasteiger partial charge on any atom is 0.119 e. The minimum absolute atomic E-state index is 0.258. The van der Waals surface area contributed by atoms with Gasteiger partial charge in [0.25, 0.3) is 0 Å². The van der Waals surface area contributed by atoms with E-state index in [9.17, 15) is 0 Å². The molecule has 2 aliphatic carbocycles. The largest absolute Gasteiger partial charge is 0.497 e. The number of morpholine rings is 1. The van der Waals surface area contributed by atoms with Crippen molar-refractivity contribution in [2.24, 2.45) is 5.92 Å². The molecule has 1 aliphatic heterocycles. The molecule has 4 nitrogen and oxygen atoms in total. The molecule has 0 spiro atoms. The third kappa shape index (κ3) is 3.54. The van der Waals surface area contributed by atoms with Crippen LogP contribution in [-0.4, -0.2) is 50.0 Å². The molecule has 2 saturated carbocycles. The van der Waals surface area contributed by atoms with Crippen molar-refractivity contribution in [1.29, 1.82) is 0 Å². The molecule has 0 aromatic heterocycles. The lowest BCUT2D eigenvalue weighted by atomic mass is 10.1. The summed E-state index contributed by atoms with van der Waals surface area (Å²) in [5.41, 5.74) is 1.31. The molecule has 3 fully saturated rings. The number of nitrogens with zero attached hydrogens (tertiary/aromatic N) is 1. The molecule has 0 unspecified atom stereocenters. The molecule has 0 amide bonds. The van der Waals surface area contributed by atoms with E-state index < -0.39 is 0 Å². The lowest BCUT2D eigenvalue weighted by molar-refractivity contribution is -0.116. The minimum Gasteiger partial charge on any atom is -0.497 e. The molecule has 23 heavy (non-hydrogen) atoms. The van der Waals surface area contributed by atoms with Crippen LogP contribution in [0.4, 0.5) is 0 Å². The summed E-state index contributed by atoms with van der Waals surface area (Å²) in [6.45, 7) is 3.73. The van der Waals surface area contributed by atoms with E-state index in [1.54, 1.807) is 7.11 Å². The monoisotopic (exact) mass is 317 g/mol. The van der Waals surface area contributed by atoms with Crippen molar-refractivity contribution in [2.45, 2.75) is 50.5 Å². The molecule has 0 bridgehead atoms. The fraction of sp³-hybridized carbons (Fsp3) is 0.684. The van der Waals surface area contributed by atoms with Crippen LogP contribution in [0.1, 0.15) is 31.2 Å². The first-order valence-electron chi connectivity index (χ1n) is 8.93. The summed E-state index contributed by atoms with van der Waals surface area (Å²) < 4.78 is 17.6. The molecule has 1 aromatic carbocycles. The number of hydrogen-bond donors (Lipinski definition) is 0. The molecule has 3 atom stereocenters. The summed E-state index contributed by atoms with van der Waals surface area (Å²) in [6.07, 6.45) is 5.58. The van der Waals surface area contributed by atoms with Crippen molar-refractivity contribution in [1.82, 2.24) is 4.90 Å². The smallest absolute Gasteiger partial charge is 0.119 e. The van der Waals surface area contributed by atoms with Crippen molar-refractivity contribution < 1.29 is 14.2 Å². The number of hydrogen-bond acceptors (Lipinski definition) is 4. The third-order valence-corrected chi connectivity index (χ3v) is 5.41. The van der Waals surface area contributed by atoms with E-state index in [4.69, 9.17) is 14.2 Å². The van der Waals surface area contributed by atoms with Crippen molar-refractivity contribution in [2.75, 3.05) is 26.9 Å². The molecule has 3 aliphatic rings. The minimum atomic E-state index is 0.258. The Hall–Kier alpha value is -1.10. The van der Waals surface area contributed by atoms with Crippen LogP contribution in [0.15, 0.2) is 24.3 Å². The van der Waals surface area contributed by atoms with E-state index in [1.165, 1.54) is 24.8 Å². The zero-order valence-corrected chi connectivity index (χ0v) is 13.9. The SMILES string of the molecule is COc1cccc(CN2CCO[C@@H]3[C@@H](OCC4CC4)CC[C@H]32)c1. The summed E-state index contributed by atoms with van der Waals surface area (Å²) in [4.78, 5) is 2.57. The molecular formula is C19H27NO3. The zero-order chi connectivity index (χ0) is 15.6. The Morgan fingerprint density at radius 3 is 2.96 bits per heavy atom. The average molecular weight is 317 g/mol. The van der Waals surface area contributed by atoms with Crippen LogP contribution in [0.3, 0.4) is 0 Å². The van der Waals surface area contributed by atoms with Gasteiger partial charge >= 0.3 is 0 Å². The molecule has 0 radical (unpaired) electrons. The Morgan fingerprint density at radius 1 is 1.22 bits per heavy atom. The van der Waals surface area contributed by atoms with Gasteiger partial charge in [-0.3, -0.25) is 4.90 Å². The number of ether oxygens (including phenoxy) is 3. The van der Waals surface area contributed by atoms with Crippen LogP contribution >= 0.6 is 0 Å². The molecule has 1 aromatic rings. The van der Waals surface area contributed by atoms with Crippen LogP contribution < -0.4 is 4.74 Å². The molecule has 0 N–H and O–H groups in total. The number of fused-ring (bicyclic) bond motifs is 1. The van der Waals surface area contributed by atoms with Gasteiger partial charge in [0.15, 0.2) is 0 Å².